The molecule has 0 spiro atoms. The molecule has 2 N–H and O–H groups in total. The van der Waals surface area contributed by atoms with E-state index in [1.807, 2.05) is 0 Å². The van der Waals surface area contributed by atoms with E-state index in [2.05, 4.69) is 5.32 Å². The molecule has 1 fully saturated rings. The smallest absolute Gasteiger partial charge is 0.256 e. The summed E-state index contributed by atoms with van der Waals surface area (Å²) in [7, 11) is 1.58. The molecule has 1 heterocycles. The van der Waals surface area contributed by atoms with Crippen molar-refractivity contribution in [1.29, 1.82) is 0 Å². The Morgan fingerprint density at radius 1 is 1.32 bits per heavy atom. The van der Waals surface area contributed by atoms with Gasteiger partial charge in [0.05, 0.1) is 5.92 Å². The molecule has 5 nitrogen and oxygen atoms in total. The molecule has 0 radical (unpaired) electrons. The number of carbonyl (C=O) groups excluding carboxylic acids is 2. The molecule has 2 unspecified atom stereocenters. The summed E-state index contributed by atoms with van der Waals surface area (Å²) in [5, 5.41) is 13.6. The van der Waals surface area contributed by atoms with Gasteiger partial charge < -0.3 is 15.3 Å². The van der Waals surface area contributed by atoms with Crippen molar-refractivity contribution < 1.29 is 14.7 Å². The standard InChI is InChI=1S/C15H18Cl2N2O3/c1-18-14(21)9-3-2-4-19(8-9)15(22)13(20)10-5-11(16)7-12(17)6-10/h5-7,9,13,20H,2-4,8H2,1H3,(H,18,21). The Kier molecular flexibility index (Phi) is 5.67. The van der Waals surface area contributed by atoms with E-state index in [-0.39, 0.29) is 11.8 Å². The lowest BCUT2D eigenvalue weighted by atomic mass is 9.96. The molecule has 0 bridgehead atoms. The highest BCUT2D eigenvalue weighted by Gasteiger charge is 2.31. The lowest BCUT2D eigenvalue weighted by Gasteiger charge is -2.33. The van der Waals surface area contributed by atoms with E-state index in [1.165, 1.54) is 23.1 Å². The lowest BCUT2D eigenvalue weighted by molar-refractivity contribution is -0.143. The molecule has 1 aliphatic heterocycles. The van der Waals surface area contributed by atoms with E-state index in [4.69, 9.17) is 23.2 Å². The monoisotopic (exact) mass is 344 g/mol. The Hall–Kier alpha value is -1.30. The predicted molar refractivity (Wildman–Crippen MR) is 84.8 cm³/mol. The van der Waals surface area contributed by atoms with Gasteiger partial charge in [-0.25, -0.2) is 0 Å². The average molecular weight is 345 g/mol. The van der Waals surface area contributed by atoms with Crippen LogP contribution < -0.4 is 5.32 Å². The van der Waals surface area contributed by atoms with Crippen LogP contribution in [-0.4, -0.2) is 42.0 Å². The first-order valence-electron chi connectivity index (χ1n) is 7.07. The van der Waals surface area contributed by atoms with Crippen molar-refractivity contribution in [3.63, 3.8) is 0 Å². The Morgan fingerprint density at radius 3 is 2.55 bits per heavy atom. The molecule has 1 aromatic rings. The summed E-state index contributed by atoms with van der Waals surface area (Å²) in [5.74, 6) is -0.762. The van der Waals surface area contributed by atoms with Gasteiger partial charge in [-0.3, -0.25) is 9.59 Å². The van der Waals surface area contributed by atoms with Crippen molar-refractivity contribution in [3.8, 4) is 0 Å². The first kappa shape index (κ1) is 17.1. The van der Waals surface area contributed by atoms with E-state index < -0.39 is 12.0 Å². The van der Waals surface area contributed by atoms with Crippen LogP contribution >= 0.6 is 23.2 Å². The van der Waals surface area contributed by atoms with Crippen molar-refractivity contribution in [2.24, 2.45) is 5.92 Å². The Bertz CT molecular complexity index is 560. The number of hydrogen-bond acceptors (Lipinski definition) is 3. The molecule has 0 aromatic heterocycles. The first-order chi connectivity index (χ1) is 10.4. The summed E-state index contributed by atoms with van der Waals surface area (Å²) in [4.78, 5) is 25.7. The molecule has 2 atom stereocenters. The van der Waals surface area contributed by atoms with Crippen LogP contribution in [0.2, 0.25) is 10.0 Å². The fourth-order valence-electron chi connectivity index (χ4n) is 2.64. The number of hydrogen-bond donors (Lipinski definition) is 2. The fourth-order valence-corrected chi connectivity index (χ4v) is 3.19. The zero-order valence-electron chi connectivity index (χ0n) is 12.2. The number of piperidine rings is 1. The van der Waals surface area contributed by atoms with Crippen molar-refractivity contribution >= 4 is 35.0 Å². The Balaban J connectivity index is 2.11. The summed E-state index contributed by atoms with van der Waals surface area (Å²) in [5.41, 5.74) is 0.351. The van der Waals surface area contributed by atoms with Gasteiger partial charge in [0.1, 0.15) is 0 Å². The third-order valence-corrected chi connectivity index (χ3v) is 4.22. The molecule has 0 saturated carbocycles. The third kappa shape index (κ3) is 3.91. The highest BCUT2D eigenvalue weighted by molar-refractivity contribution is 6.34. The summed E-state index contributed by atoms with van der Waals surface area (Å²) in [6.45, 7) is 0.835. The van der Waals surface area contributed by atoms with Crippen LogP contribution in [0.25, 0.3) is 0 Å². The molecule has 0 aliphatic carbocycles. The maximum atomic E-state index is 12.4. The highest BCUT2D eigenvalue weighted by Crippen LogP contribution is 2.26. The molecule has 22 heavy (non-hydrogen) atoms. The number of aliphatic hydroxyl groups is 1. The van der Waals surface area contributed by atoms with Crippen LogP contribution in [-0.2, 0) is 9.59 Å². The van der Waals surface area contributed by atoms with Gasteiger partial charge in [-0.2, -0.15) is 0 Å². The van der Waals surface area contributed by atoms with Gasteiger partial charge >= 0.3 is 0 Å². The number of rotatable bonds is 3. The van der Waals surface area contributed by atoms with Crippen molar-refractivity contribution in [2.45, 2.75) is 18.9 Å². The summed E-state index contributed by atoms with van der Waals surface area (Å²) >= 11 is 11.8. The average Bonchev–Trinajstić information content (AvgIpc) is 2.51. The molecule has 2 rings (SSSR count). The third-order valence-electron chi connectivity index (χ3n) is 3.78. The van der Waals surface area contributed by atoms with E-state index in [9.17, 15) is 14.7 Å². The number of nitrogens with one attached hydrogen (secondary N) is 1. The van der Waals surface area contributed by atoms with E-state index in [0.29, 0.717) is 28.7 Å². The normalized spacial score (nSPS) is 19.6. The molecule has 1 aliphatic rings. The fraction of sp³-hybridized carbons (Fsp3) is 0.467. The quantitative estimate of drug-likeness (QED) is 0.881. The van der Waals surface area contributed by atoms with E-state index in [0.717, 1.165) is 12.8 Å². The van der Waals surface area contributed by atoms with E-state index in [1.54, 1.807) is 7.05 Å². The SMILES string of the molecule is CNC(=O)C1CCCN(C(=O)C(O)c2cc(Cl)cc(Cl)c2)C1. The van der Waals surface area contributed by atoms with Crippen LogP contribution in [0.5, 0.6) is 0 Å². The van der Waals surface area contributed by atoms with Gasteiger partial charge in [0.2, 0.25) is 5.91 Å². The first-order valence-corrected chi connectivity index (χ1v) is 7.82. The number of nitrogens with zero attached hydrogens (tertiary/aromatic N) is 1. The van der Waals surface area contributed by atoms with Gasteiger partial charge in [0, 0.05) is 30.2 Å². The number of likely N-dealkylation sites (tertiary alicyclic amines) is 1. The molecular weight excluding hydrogens is 327 g/mol. The van der Waals surface area contributed by atoms with Crippen molar-refractivity contribution in [1.82, 2.24) is 10.2 Å². The largest absolute Gasteiger partial charge is 0.378 e. The predicted octanol–water partition coefficient (Wildman–Crippen LogP) is 2.01. The maximum Gasteiger partial charge on any atom is 0.256 e. The Morgan fingerprint density at radius 2 is 1.95 bits per heavy atom. The second-order valence-corrected chi connectivity index (χ2v) is 6.22. The maximum absolute atomic E-state index is 12.4. The zero-order valence-corrected chi connectivity index (χ0v) is 13.7. The molecule has 1 aromatic carbocycles. The number of halogens is 2. The van der Waals surface area contributed by atoms with E-state index >= 15 is 0 Å². The number of amides is 2. The van der Waals surface area contributed by atoms with Crippen LogP contribution in [0.4, 0.5) is 0 Å². The van der Waals surface area contributed by atoms with Crippen LogP contribution in [0.1, 0.15) is 24.5 Å². The molecule has 120 valence electrons. The van der Waals surface area contributed by atoms with Crippen LogP contribution in [0.3, 0.4) is 0 Å². The number of benzene rings is 1. The summed E-state index contributed by atoms with van der Waals surface area (Å²) < 4.78 is 0. The molecular formula is C15H18Cl2N2O3. The second-order valence-electron chi connectivity index (χ2n) is 5.34. The van der Waals surface area contributed by atoms with Gasteiger partial charge in [0.25, 0.3) is 5.91 Å². The van der Waals surface area contributed by atoms with Gasteiger partial charge in [-0.15, -0.1) is 0 Å². The number of carbonyl (C=O) groups is 2. The number of aliphatic hydroxyl groups excluding tert-OH is 1. The molecule has 2 amide bonds. The van der Waals surface area contributed by atoms with Crippen molar-refractivity contribution in [3.05, 3.63) is 33.8 Å². The minimum Gasteiger partial charge on any atom is -0.378 e. The Labute approximate surface area is 139 Å². The molecule has 1 saturated heterocycles. The summed E-state index contributed by atoms with van der Waals surface area (Å²) in [6.07, 6.45) is 0.134. The minimum absolute atomic E-state index is 0.0854. The minimum atomic E-state index is -1.33. The van der Waals surface area contributed by atoms with Crippen LogP contribution in [0, 0.1) is 5.92 Å². The lowest BCUT2D eigenvalue weighted by Crippen LogP contribution is -2.46. The van der Waals surface area contributed by atoms with Gasteiger partial charge in [0.15, 0.2) is 6.10 Å². The molecule has 7 heteroatoms. The van der Waals surface area contributed by atoms with Crippen molar-refractivity contribution in [2.75, 3.05) is 20.1 Å². The summed E-state index contributed by atoms with van der Waals surface area (Å²) in [6, 6.07) is 4.55. The zero-order chi connectivity index (χ0) is 16.3. The van der Waals surface area contributed by atoms with Gasteiger partial charge in [-0.1, -0.05) is 23.2 Å². The van der Waals surface area contributed by atoms with Gasteiger partial charge in [-0.05, 0) is 36.6 Å². The topological polar surface area (TPSA) is 69.6 Å². The second kappa shape index (κ2) is 7.31. The van der Waals surface area contributed by atoms with Crippen LogP contribution in [0.15, 0.2) is 18.2 Å². The highest BCUT2D eigenvalue weighted by atomic mass is 35.5.